The van der Waals surface area contributed by atoms with Crippen molar-refractivity contribution in [3.05, 3.63) is 8.47 Å². The predicted molar refractivity (Wildman–Crippen MR) is 61.4 cm³/mol. The van der Waals surface area contributed by atoms with Gasteiger partial charge in [0.1, 0.15) is 4.04 Å². The van der Waals surface area contributed by atoms with Gasteiger partial charge in [0, 0.05) is 11.0 Å². The van der Waals surface area contributed by atoms with E-state index in [4.69, 9.17) is 11.6 Å². The minimum Gasteiger partial charge on any atom is -0.116 e. The number of hydrogen-bond acceptors (Lipinski definition) is 4. The first-order valence-electron chi connectivity index (χ1n) is 3.27. The molecule has 2 atom stereocenters. The van der Waals surface area contributed by atoms with E-state index in [2.05, 4.69) is 6.92 Å². The van der Waals surface area contributed by atoms with Crippen LogP contribution < -0.4 is 0 Å². The van der Waals surface area contributed by atoms with Crippen LogP contribution in [-0.4, -0.2) is 15.0 Å². The lowest BCUT2D eigenvalue weighted by molar-refractivity contribution is 1.14. The summed E-state index contributed by atoms with van der Waals surface area (Å²) < 4.78 is 3.14. The molecule has 0 aliphatic carbocycles. The molecule has 5 heteroatoms. The first kappa shape index (κ1) is 9.00. The van der Waals surface area contributed by atoms with Crippen LogP contribution in [0.3, 0.4) is 0 Å². The summed E-state index contributed by atoms with van der Waals surface area (Å²) in [7, 11) is 0. The van der Waals surface area contributed by atoms with Crippen molar-refractivity contribution in [3.63, 3.8) is 0 Å². The van der Waals surface area contributed by atoms with Crippen LogP contribution in [0.5, 0.6) is 0 Å². The molecule has 62 valence electrons. The zero-order chi connectivity index (χ0) is 7.84. The average molecular weight is 243 g/mol. The summed E-state index contributed by atoms with van der Waals surface area (Å²) in [5, 5.41) is 0.758. The second-order valence-corrected chi connectivity index (χ2v) is 8.80. The summed E-state index contributed by atoms with van der Waals surface area (Å²) in [6, 6.07) is 0. The molecule has 11 heavy (non-hydrogen) atoms. The monoisotopic (exact) mass is 242 g/mol. The molecule has 0 saturated carbocycles. The Morgan fingerprint density at radius 2 is 2.00 bits per heavy atom. The Kier molecular flexibility index (Phi) is 3.00. The van der Waals surface area contributed by atoms with Gasteiger partial charge >= 0.3 is 0 Å². The van der Waals surface area contributed by atoms with Gasteiger partial charge < -0.3 is 0 Å². The smallest absolute Gasteiger partial charge is 0.116 e. The van der Waals surface area contributed by atoms with E-state index >= 15 is 0 Å². The first-order chi connectivity index (χ1) is 5.25. The van der Waals surface area contributed by atoms with Gasteiger partial charge in [0.15, 0.2) is 0 Å². The second-order valence-electron chi connectivity index (χ2n) is 2.32. The van der Waals surface area contributed by atoms with E-state index in [0.29, 0.717) is 0 Å². The number of thioether (sulfide) groups is 4. The zero-order valence-corrected chi connectivity index (χ0v) is 9.89. The van der Waals surface area contributed by atoms with E-state index < -0.39 is 0 Å². The van der Waals surface area contributed by atoms with Gasteiger partial charge in [-0.1, -0.05) is 42.0 Å². The number of hydrogen-bond donors (Lipinski definition) is 0. The molecule has 0 fully saturated rings. The molecule has 0 bridgehead atoms. The van der Waals surface area contributed by atoms with E-state index in [0.717, 1.165) is 5.25 Å². The van der Waals surface area contributed by atoms with E-state index in [1.165, 1.54) is 14.2 Å². The Labute approximate surface area is 88.7 Å². The Morgan fingerprint density at radius 3 is 2.82 bits per heavy atom. The summed E-state index contributed by atoms with van der Waals surface area (Å²) >= 11 is 13.5. The summed E-state index contributed by atoms with van der Waals surface area (Å²) in [6.45, 7) is 2.27. The highest BCUT2D eigenvalue weighted by molar-refractivity contribution is 8.39. The third-order valence-electron chi connectivity index (χ3n) is 1.32. The number of rotatable bonds is 0. The maximum Gasteiger partial charge on any atom is 0.134 e. The van der Waals surface area contributed by atoms with E-state index in [-0.39, 0.29) is 4.04 Å². The third kappa shape index (κ3) is 2.02. The van der Waals surface area contributed by atoms with Crippen LogP contribution in [0.15, 0.2) is 8.47 Å². The fourth-order valence-electron chi connectivity index (χ4n) is 0.867. The van der Waals surface area contributed by atoms with Gasteiger partial charge in [-0.15, -0.1) is 23.5 Å². The lowest BCUT2D eigenvalue weighted by Gasteiger charge is -2.16. The summed E-state index contributed by atoms with van der Waals surface area (Å²) in [5.74, 6) is 1.24. The molecule has 0 radical (unpaired) electrons. The van der Waals surface area contributed by atoms with Crippen molar-refractivity contribution in [1.29, 1.82) is 0 Å². The summed E-state index contributed by atoms with van der Waals surface area (Å²) in [4.78, 5) is 0. The predicted octanol–water partition coefficient (Wildman–Crippen LogP) is 3.98. The molecule has 0 spiro atoms. The van der Waals surface area contributed by atoms with Crippen LogP contribution >= 0.6 is 58.6 Å². The molecule has 0 amide bonds. The Hall–Kier alpha value is 1.43. The molecule has 2 unspecified atom stereocenters. The van der Waals surface area contributed by atoms with E-state index in [9.17, 15) is 0 Å². The van der Waals surface area contributed by atoms with Crippen LogP contribution in [0.4, 0.5) is 0 Å². The highest BCUT2D eigenvalue weighted by Gasteiger charge is 2.29. The van der Waals surface area contributed by atoms with Gasteiger partial charge in [-0.2, -0.15) is 0 Å². The second kappa shape index (κ2) is 3.66. The molecule has 2 heterocycles. The Balaban J connectivity index is 2.10. The molecule has 0 nitrogen and oxygen atoms in total. The molecule has 0 aromatic rings. The third-order valence-corrected chi connectivity index (χ3v) is 7.71. The topological polar surface area (TPSA) is 0 Å². The fourth-order valence-corrected chi connectivity index (χ4v) is 7.81. The van der Waals surface area contributed by atoms with Gasteiger partial charge in [0.2, 0.25) is 0 Å². The van der Waals surface area contributed by atoms with Crippen LogP contribution in [-0.2, 0) is 0 Å². The van der Waals surface area contributed by atoms with Crippen LogP contribution in [0.2, 0.25) is 0 Å². The molecule has 2 aliphatic rings. The van der Waals surface area contributed by atoms with Crippen molar-refractivity contribution in [1.82, 2.24) is 0 Å². The van der Waals surface area contributed by atoms with E-state index in [1.807, 2.05) is 23.5 Å². The van der Waals surface area contributed by atoms with Crippen molar-refractivity contribution in [2.45, 2.75) is 16.2 Å². The van der Waals surface area contributed by atoms with Crippen molar-refractivity contribution in [2.75, 3.05) is 5.75 Å². The summed E-state index contributed by atoms with van der Waals surface area (Å²) in [5.41, 5.74) is 0. The van der Waals surface area contributed by atoms with Gasteiger partial charge in [0.25, 0.3) is 0 Å². The molecule has 0 aromatic heterocycles. The molecule has 0 saturated heterocycles. The highest BCUT2D eigenvalue weighted by Crippen LogP contribution is 2.59. The van der Waals surface area contributed by atoms with Gasteiger partial charge in [-0.05, 0) is 0 Å². The molecular weight excluding hydrogens is 236 g/mol. The highest BCUT2D eigenvalue weighted by atomic mass is 35.5. The molecular formula is C6H7ClS4. The van der Waals surface area contributed by atoms with Gasteiger partial charge in [-0.3, -0.25) is 0 Å². The van der Waals surface area contributed by atoms with Gasteiger partial charge in [0.05, 0.1) is 8.47 Å². The molecule has 0 N–H and O–H groups in total. The maximum absolute atomic E-state index is 5.99. The van der Waals surface area contributed by atoms with Crippen molar-refractivity contribution >= 4 is 58.6 Å². The maximum atomic E-state index is 5.99. The fraction of sp³-hybridized carbons (Fsp3) is 0.667. The normalized spacial score (nSPS) is 37.6. The van der Waals surface area contributed by atoms with Crippen LogP contribution in [0.25, 0.3) is 0 Å². The standard InChI is InChI=1S/C6H7ClS4/c1-3-2-8-4-5(9-3)11-6(7)10-4/h3,6H,2H2,1H3. The lowest BCUT2D eigenvalue weighted by atomic mass is 10.6. The minimum absolute atomic E-state index is 0.227. The Morgan fingerprint density at radius 1 is 1.27 bits per heavy atom. The van der Waals surface area contributed by atoms with Crippen molar-refractivity contribution in [2.24, 2.45) is 0 Å². The largest absolute Gasteiger partial charge is 0.134 e. The molecule has 2 aliphatic heterocycles. The SMILES string of the molecule is CC1CSC2=C(S1)SC(Cl)S2. The number of halogens is 1. The van der Waals surface area contributed by atoms with Gasteiger partial charge in [-0.25, -0.2) is 0 Å². The minimum atomic E-state index is 0.227. The van der Waals surface area contributed by atoms with E-state index in [1.54, 1.807) is 23.5 Å². The average Bonchev–Trinajstić information content (AvgIpc) is 2.27. The lowest BCUT2D eigenvalue weighted by Crippen LogP contribution is -2.02. The first-order valence-corrected chi connectivity index (χ1v) is 7.33. The Bertz CT molecular complexity index is 203. The summed E-state index contributed by atoms with van der Waals surface area (Å²) in [6.07, 6.45) is 0. The van der Waals surface area contributed by atoms with Crippen molar-refractivity contribution < 1.29 is 0 Å². The molecule has 0 aromatic carbocycles. The van der Waals surface area contributed by atoms with Crippen LogP contribution in [0, 0.1) is 0 Å². The van der Waals surface area contributed by atoms with Crippen LogP contribution in [0.1, 0.15) is 6.92 Å². The molecule has 2 rings (SSSR count). The number of alkyl halides is 1. The van der Waals surface area contributed by atoms with Crippen molar-refractivity contribution in [3.8, 4) is 0 Å². The zero-order valence-electron chi connectivity index (χ0n) is 5.87. The quantitative estimate of drug-likeness (QED) is 0.589.